The number of hydrogen-bond acceptors (Lipinski definition) is 5. The van der Waals surface area contributed by atoms with Crippen molar-refractivity contribution in [2.45, 2.75) is 6.92 Å². The van der Waals surface area contributed by atoms with Crippen molar-refractivity contribution in [2.24, 2.45) is 0 Å². The lowest BCUT2D eigenvalue weighted by Crippen LogP contribution is -2.21. The van der Waals surface area contributed by atoms with Crippen LogP contribution in [0.5, 0.6) is 5.88 Å². The molecule has 0 radical (unpaired) electrons. The second-order valence-electron chi connectivity index (χ2n) is 3.99. The van der Waals surface area contributed by atoms with Gasteiger partial charge in [0.25, 0.3) is 5.91 Å². The van der Waals surface area contributed by atoms with E-state index >= 15 is 0 Å². The third kappa shape index (κ3) is 3.53. The average Bonchev–Trinajstić information content (AvgIpc) is 2.46. The van der Waals surface area contributed by atoms with Gasteiger partial charge in [-0.25, -0.2) is 9.97 Å². The molecule has 1 amide bonds. The summed E-state index contributed by atoms with van der Waals surface area (Å²) in [5.41, 5.74) is 1.62. The topological polar surface area (TPSA) is 87.9 Å². The van der Waals surface area contributed by atoms with Crippen molar-refractivity contribution in [2.75, 3.05) is 11.9 Å². The zero-order chi connectivity index (χ0) is 14.4. The van der Waals surface area contributed by atoms with Crippen LogP contribution in [0.25, 0.3) is 0 Å². The van der Waals surface area contributed by atoms with Crippen molar-refractivity contribution in [3.8, 4) is 11.9 Å². The second-order valence-corrected chi connectivity index (χ2v) is 3.99. The standard InChI is InChI=1S/C14H12N4O2/c1-10-6-14(17-9-16-10)20-8-13(19)18-12-5-3-2-4-11(12)7-15/h2-6,9H,8H2,1H3,(H,18,19). The van der Waals surface area contributed by atoms with Crippen molar-refractivity contribution >= 4 is 11.6 Å². The number of carbonyl (C=O) groups excluding carboxylic acids is 1. The number of aryl methyl sites for hydroxylation is 1. The molecule has 0 aliphatic rings. The number of carbonyl (C=O) groups is 1. The van der Waals surface area contributed by atoms with Gasteiger partial charge in [-0.1, -0.05) is 12.1 Å². The number of aromatic nitrogens is 2. The summed E-state index contributed by atoms with van der Waals surface area (Å²) in [6.45, 7) is 1.62. The van der Waals surface area contributed by atoms with Gasteiger partial charge in [0.15, 0.2) is 6.61 Å². The molecule has 1 heterocycles. The summed E-state index contributed by atoms with van der Waals surface area (Å²) in [7, 11) is 0. The quantitative estimate of drug-likeness (QED) is 0.911. The van der Waals surface area contributed by atoms with Gasteiger partial charge in [0.05, 0.1) is 11.3 Å². The van der Waals surface area contributed by atoms with Crippen LogP contribution in [-0.4, -0.2) is 22.5 Å². The zero-order valence-electron chi connectivity index (χ0n) is 10.8. The molecule has 6 heteroatoms. The molecular formula is C14H12N4O2. The Morgan fingerprint density at radius 1 is 1.40 bits per heavy atom. The molecular weight excluding hydrogens is 256 g/mol. The van der Waals surface area contributed by atoms with Crippen LogP contribution in [0.4, 0.5) is 5.69 Å². The minimum atomic E-state index is -0.357. The van der Waals surface area contributed by atoms with Crippen LogP contribution in [0.15, 0.2) is 36.7 Å². The Balaban J connectivity index is 1.95. The Morgan fingerprint density at radius 2 is 2.20 bits per heavy atom. The Hall–Kier alpha value is -2.94. The number of nitriles is 1. The molecule has 0 spiro atoms. The number of para-hydroxylation sites is 1. The smallest absolute Gasteiger partial charge is 0.262 e. The minimum absolute atomic E-state index is 0.184. The van der Waals surface area contributed by atoms with Crippen molar-refractivity contribution < 1.29 is 9.53 Å². The fourth-order valence-corrected chi connectivity index (χ4v) is 1.52. The summed E-state index contributed by atoms with van der Waals surface area (Å²) < 4.78 is 5.25. The first-order valence-corrected chi connectivity index (χ1v) is 5.89. The minimum Gasteiger partial charge on any atom is -0.467 e. The number of nitrogens with zero attached hydrogens (tertiary/aromatic N) is 3. The first-order chi connectivity index (χ1) is 9.69. The summed E-state index contributed by atoms with van der Waals surface area (Å²) in [6, 6.07) is 10.4. The lowest BCUT2D eigenvalue weighted by Gasteiger charge is -2.08. The molecule has 1 aromatic carbocycles. The maximum Gasteiger partial charge on any atom is 0.262 e. The molecule has 0 aliphatic carbocycles. The van der Waals surface area contributed by atoms with Gasteiger partial charge in [-0.2, -0.15) is 5.26 Å². The summed E-state index contributed by atoms with van der Waals surface area (Å²) in [5.74, 6) is -0.0230. The molecule has 100 valence electrons. The second kappa shape index (κ2) is 6.29. The Kier molecular flexibility index (Phi) is 4.24. The van der Waals surface area contributed by atoms with E-state index in [2.05, 4.69) is 15.3 Å². The normalized spacial score (nSPS) is 9.60. The predicted molar refractivity (Wildman–Crippen MR) is 72.1 cm³/mol. The Morgan fingerprint density at radius 3 is 2.95 bits per heavy atom. The molecule has 0 aliphatic heterocycles. The monoisotopic (exact) mass is 268 g/mol. The number of nitrogens with one attached hydrogen (secondary N) is 1. The first kappa shape index (κ1) is 13.5. The zero-order valence-corrected chi connectivity index (χ0v) is 10.8. The van der Waals surface area contributed by atoms with E-state index in [0.717, 1.165) is 5.69 Å². The molecule has 0 saturated carbocycles. The highest BCUT2D eigenvalue weighted by Crippen LogP contribution is 2.13. The summed E-state index contributed by atoms with van der Waals surface area (Å²) in [4.78, 5) is 19.6. The molecule has 0 fully saturated rings. The molecule has 20 heavy (non-hydrogen) atoms. The molecule has 0 bridgehead atoms. The van der Waals surface area contributed by atoms with Crippen LogP contribution < -0.4 is 10.1 Å². The number of amides is 1. The number of rotatable bonds is 4. The van der Waals surface area contributed by atoms with E-state index in [9.17, 15) is 4.79 Å². The van der Waals surface area contributed by atoms with Crippen LogP contribution in [-0.2, 0) is 4.79 Å². The lowest BCUT2D eigenvalue weighted by molar-refractivity contribution is -0.118. The van der Waals surface area contributed by atoms with Crippen LogP contribution in [0.2, 0.25) is 0 Å². The summed E-state index contributed by atoms with van der Waals surface area (Å²) >= 11 is 0. The molecule has 1 N–H and O–H groups in total. The van der Waals surface area contributed by atoms with Crippen LogP contribution in [0.1, 0.15) is 11.3 Å². The molecule has 6 nitrogen and oxygen atoms in total. The van der Waals surface area contributed by atoms with Gasteiger partial charge >= 0.3 is 0 Å². The van der Waals surface area contributed by atoms with E-state index < -0.39 is 0 Å². The predicted octanol–water partition coefficient (Wildman–Crippen LogP) is 1.67. The number of benzene rings is 1. The average molecular weight is 268 g/mol. The molecule has 0 saturated heterocycles. The van der Waals surface area contributed by atoms with Crippen molar-refractivity contribution in [1.82, 2.24) is 9.97 Å². The third-order valence-electron chi connectivity index (χ3n) is 2.45. The SMILES string of the molecule is Cc1cc(OCC(=O)Nc2ccccc2C#N)ncn1. The molecule has 2 aromatic rings. The van der Waals surface area contributed by atoms with Crippen molar-refractivity contribution in [3.63, 3.8) is 0 Å². The van der Waals surface area contributed by atoms with Gasteiger partial charge in [-0.05, 0) is 19.1 Å². The summed E-state index contributed by atoms with van der Waals surface area (Å²) in [5, 5.41) is 11.5. The van der Waals surface area contributed by atoms with Gasteiger partial charge in [0.1, 0.15) is 12.4 Å². The van der Waals surface area contributed by atoms with E-state index in [1.807, 2.05) is 6.07 Å². The molecule has 0 atom stereocenters. The van der Waals surface area contributed by atoms with Crippen LogP contribution in [0.3, 0.4) is 0 Å². The Labute approximate surface area is 116 Å². The van der Waals surface area contributed by atoms with E-state index in [0.29, 0.717) is 17.1 Å². The molecule has 1 aromatic heterocycles. The fraction of sp³-hybridized carbons (Fsp3) is 0.143. The first-order valence-electron chi connectivity index (χ1n) is 5.89. The van der Waals surface area contributed by atoms with Gasteiger partial charge in [-0.3, -0.25) is 4.79 Å². The van der Waals surface area contributed by atoms with Crippen LogP contribution >= 0.6 is 0 Å². The van der Waals surface area contributed by atoms with Crippen LogP contribution in [0, 0.1) is 18.3 Å². The van der Waals surface area contributed by atoms with E-state index in [1.54, 1.807) is 37.3 Å². The van der Waals surface area contributed by atoms with Crippen molar-refractivity contribution in [1.29, 1.82) is 5.26 Å². The fourth-order valence-electron chi connectivity index (χ4n) is 1.52. The maximum absolute atomic E-state index is 11.7. The highest BCUT2D eigenvalue weighted by Gasteiger charge is 2.07. The van der Waals surface area contributed by atoms with Gasteiger partial charge in [0.2, 0.25) is 5.88 Å². The molecule has 0 unspecified atom stereocenters. The number of anilines is 1. The maximum atomic E-state index is 11.7. The van der Waals surface area contributed by atoms with E-state index in [1.165, 1.54) is 6.33 Å². The Bertz CT molecular complexity index is 664. The summed E-state index contributed by atoms with van der Waals surface area (Å²) in [6.07, 6.45) is 1.37. The largest absolute Gasteiger partial charge is 0.467 e. The highest BCUT2D eigenvalue weighted by molar-refractivity contribution is 5.93. The van der Waals surface area contributed by atoms with Gasteiger partial charge in [-0.15, -0.1) is 0 Å². The van der Waals surface area contributed by atoms with Gasteiger partial charge in [0, 0.05) is 11.8 Å². The van der Waals surface area contributed by atoms with Crippen molar-refractivity contribution in [3.05, 3.63) is 47.9 Å². The van der Waals surface area contributed by atoms with Gasteiger partial charge < -0.3 is 10.1 Å². The third-order valence-corrected chi connectivity index (χ3v) is 2.45. The number of ether oxygens (including phenoxy) is 1. The number of hydrogen-bond donors (Lipinski definition) is 1. The highest BCUT2D eigenvalue weighted by atomic mass is 16.5. The van der Waals surface area contributed by atoms with E-state index in [-0.39, 0.29) is 12.5 Å². The van der Waals surface area contributed by atoms with E-state index in [4.69, 9.17) is 10.00 Å². The molecule has 2 rings (SSSR count). The lowest BCUT2D eigenvalue weighted by atomic mass is 10.2.